The molecule has 0 bridgehead atoms. The standard InChI is InChI=1S/C36H32/c1-24-4-10-27-12-13-29(33(27)18-6-24)15-17-31-23-32(36-21-9-26(3)8-20-35(31)36)22-30-16-14-28-11-5-25(2)7-19-34(28)30/h4-14,16,18-21,23H,15,17,22H2,1-3H3. The normalized spacial score (nSPS) is 11.5. The Kier molecular flexibility index (Phi) is 5.82. The molecule has 0 unspecified atom stereocenters. The third-order valence-corrected chi connectivity index (χ3v) is 7.72. The molecule has 0 radical (unpaired) electrons. The second-order valence-corrected chi connectivity index (χ2v) is 10.4. The minimum atomic E-state index is 0.959. The molecule has 36 heavy (non-hydrogen) atoms. The summed E-state index contributed by atoms with van der Waals surface area (Å²) >= 11 is 0. The number of aryl methyl sites for hydroxylation is 5. The highest BCUT2D eigenvalue weighted by molar-refractivity contribution is 5.78. The maximum Gasteiger partial charge on any atom is -0.00133 e. The lowest BCUT2D eigenvalue weighted by molar-refractivity contribution is 0.972. The average molecular weight is 465 g/mol. The first-order valence-electron chi connectivity index (χ1n) is 13.0. The van der Waals surface area contributed by atoms with E-state index in [1.165, 1.54) is 72.3 Å². The van der Waals surface area contributed by atoms with Crippen LogP contribution in [0.1, 0.15) is 38.9 Å². The van der Waals surface area contributed by atoms with Gasteiger partial charge in [-0.15, -0.1) is 0 Å². The Balaban J connectivity index is 1.35. The molecule has 0 amide bonds. The lowest BCUT2D eigenvalue weighted by Gasteiger charge is -2.05. The Morgan fingerprint density at radius 2 is 0.778 bits per heavy atom. The fourth-order valence-electron chi connectivity index (χ4n) is 5.58. The molecule has 0 N–H and O–H groups in total. The van der Waals surface area contributed by atoms with Crippen LogP contribution in [0.4, 0.5) is 0 Å². The van der Waals surface area contributed by atoms with Gasteiger partial charge >= 0.3 is 0 Å². The SMILES string of the molecule is Cc1ccc2ccc(CCc3cc(Cc4ccc5ccc(C)ccc4-5)c4ccc(C)ccc3-4)c-2cc1. The average Bonchev–Trinajstić information content (AvgIpc) is 3.39. The van der Waals surface area contributed by atoms with Crippen LogP contribution in [-0.4, -0.2) is 0 Å². The van der Waals surface area contributed by atoms with Crippen LogP contribution in [0, 0.1) is 20.8 Å². The maximum atomic E-state index is 2.47. The van der Waals surface area contributed by atoms with Crippen molar-refractivity contribution in [3.05, 3.63) is 142 Å². The Labute approximate surface area is 215 Å². The van der Waals surface area contributed by atoms with Crippen LogP contribution < -0.4 is 0 Å². The zero-order valence-electron chi connectivity index (χ0n) is 21.4. The monoisotopic (exact) mass is 464 g/mol. The highest BCUT2D eigenvalue weighted by atomic mass is 14.2. The summed E-state index contributed by atoms with van der Waals surface area (Å²) in [6, 6.07) is 38.8. The summed E-state index contributed by atoms with van der Waals surface area (Å²) < 4.78 is 0. The molecular formula is C36H32. The van der Waals surface area contributed by atoms with E-state index in [9.17, 15) is 0 Å². The van der Waals surface area contributed by atoms with Crippen molar-refractivity contribution < 1.29 is 0 Å². The van der Waals surface area contributed by atoms with Crippen molar-refractivity contribution >= 4 is 0 Å². The molecule has 0 saturated heterocycles. The molecule has 0 aromatic rings. The fourth-order valence-corrected chi connectivity index (χ4v) is 5.58. The fraction of sp³-hybridized carbons (Fsp3) is 0.167. The third kappa shape index (κ3) is 4.29. The van der Waals surface area contributed by atoms with Gasteiger partial charge in [-0.05, 0) is 95.7 Å². The van der Waals surface area contributed by atoms with E-state index in [-0.39, 0.29) is 0 Å². The molecule has 6 rings (SSSR count). The topological polar surface area (TPSA) is 0 Å². The summed E-state index contributed by atoms with van der Waals surface area (Å²) in [6.07, 6.45) is 3.06. The second kappa shape index (κ2) is 9.28. The molecule has 0 heteroatoms. The summed E-state index contributed by atoms with van der Waals surface area (Å²) in [5, 5.41) is 0. The highest BCUT2D eigenvalue weighted by Gasteiger charge is 2.18. The van der Waals surface area contributed by atoms with Crippen molar-refractivity contribution in [3.63, 3.8) is 0 Å². The molecule has 0 heterocycles. The van der Waals surface area contributed by atoms with E-state index in [0.29, 0.717) is 0 Å². The molecule has 6 aliphatic carbocycles. The van der Waals surface area contributed by atoms with Gasteiger partial charge < -0.3 is 0 Å². The zero-order chi connectivity index (χ0) is 24.6. The highest BCUT2D eigenvalue weighted by Crippen LogP contribution is 2.38. The second-order valence-electron chi connectivity index (χ2n) is 10.4. The predicted molar refractivity (Wildman–Crippen MR) is 154 cm³/mol. The quantitative estimate of drug-likeness (QED) is 0.238. The maximum absolute atomic E-state index is 2.47. The Bertz CT molecular complexity index is 1580. The van der Waals surface area contributed by atoms with E-state index in [1.54, 1.807) is 0 Å². The number of fused-ring (bicyclic) bond motifs is 3. The number of hydrogen-bond donors (Lipinski definition) is 0. The van der Waals surface area contributed by atoms with Crippen molar-refractivity contribution in [2.45, 2.75) is 40.0 Å². The lowest BCUT2D eigenvalue weighted by atomic mass is 9.99. The van der Waals surface area contributed by atoms with Crippen molar-refractivity contribution in [1.29, 1.82) is 0 Å². The summed E-state index contributed by atoms with van der Waals surface area (Å²) in [7, 11) is 0. The van der Waals surface area contributed by atoms with E-state index >= 15 is 0 Å². The molecule has 0 aliphatic heterocycles. The molecule has 0 saturated carbocycles. The van der Waals surface area contributed by atoms with Gasteiger partial charge in [0.2, 0.25) is 0 Å². The van der Waals surface area contributed by atoms with E-state index in [2.05, 4.69) is 124 Å². The van der Waals surface area contributed by atoms with Gasteiger partial charge in [-0.25, -0.2) is 0 Å². The van der Waals surface area contributed by atoms with E-state index in [0.717, 1.165) is 19.3 Å². The van der Waals surface area contributed by atoms with Gasteiger partial charge in [0.05, 0.1) is 0 Å². The molecular weight excluding hydrogens is 432 g/mol. The van der Waals surface area contributed by atoms with Gasteiger partial charge in [0, 0.05) is 0 Å². The van der Waals surface area contributed by atoms with E-state index in [4.69, 9.17) is 0 Å². The zero-order valence-corrected chi connectivity index (χ0v) is 21.4. The minimum Gasteiger partial charge on any atom is -0.0587 e. The Morgan fingerprint density at radius 3 is 1.39 bits per heavy atom. The van der Waals surface area contributed by atoms with Crippen LogP contribution in [0.5, 0.6) is 0 Å². The molecule has 176 valence electrons. The molecule has 0 atom stereocenters. The lowest BCUT2D eigenvalue weighted by Crippen LogP contribution is -1.90. The Morgan fingerprint density at radius 1 is 0.361 bits per heavy atom. The van der Waals surface area contributed by atoms with Gasteiger partial charge in [-0.3, -0.25) is 0 Å². The van der Waals surface area contributed by atoms with Crippen molar-refractivity contribution in [2.24, 2.45) is 0 Å². The molecule has 6 aliphatic rings. The largest absolute Gasteiger partial charge is 0.0587 e. The molecule has 0 aromatic carbocycles. The van der Waals surface area contributed by atoms with Crippen LogP contribution in [0.25, 0.3) is 33.4 Å². The Hall–Kier alpha value is -3.90. The number of hydrogen-bond acceptors (Lipinski definition) is 0. The third-order valence-electron chi connectivity index (χ3n) is 7.72. The summed E-state index contributed by atoms with van der Waals surface area (Å²) in [5.74, 6) is 0. The van der Waals surface area contributed by atoms with Gasteiger partial charge in [0.1, 0.15) is 0 Å². The van der Waals surface area contributed by atoms with Crippen LogP contribution in [0.15, 0.2) is 103 Å². The van der Waals surface area contributed by atoms with Crippen LogP contribution in [0.2, 0.25) is 0 Å². The van der Waals surface area contributed by atoms with Gasteiger partial charge in [-0.2, -0.15) is 0 Å². The first-order valence-corrected chi connectivity index (χ1v) is 13.0. The van der Waals surface area contributed by atoms with E-state index < -0.39 is 0 Å². The van der Waals surface area contributed by atoms with Crippen LogP contribution in [0.3, 0.4) is 0 Å². The van der Waals surface area contributed by atoms with Crippen molar-refractivity contribution in [2.75, 3.05) is 0 Å². The molecule has 0 aromatic heterocycles. The van der Waals surface area contributed by atoms with Crippen molar-refractivity contribution in [3.8, 4) is 33.4 Å². The van der Waals surface area contributed by atoms with E-state index in [1.807, 2.05) is 0 Å². The smallest absolute Gasteiger partial charge is 0.00133 e. The first kappa shape index (κ1) is 22.6. The molecule has 0 spiro atoms. The van der Waals surface area contributed by atoms with Gasteiger partial charge in [0.15, 0.2) is 0 Å². The van der Waals surface area contributed by atoms with Crippen molar-refractivity contribution in [1.82, 2.24) is 0 Å². The minimum absolute atomic E-state index is 0.959. The summed E-state index contributed by atoms with van der Waals surface area (Å²) in [4.78, 5) is 0. The van der Waals surface area contributed by atoms with Crippen LogP contribution >= 0.6 is 0 Å². The van der Waals surface area contributed by atoms with Gasteiger partial charge in [-0.1, -0.05) is 120 Å². The molecule has 0 fully saturated rings. The predicted octanol–water partition coefficient (Wildman–Crippen LogP) is 9.30. The molecule has 0 nitrogen and oxygen atoms in total. The first-order chi connectivity index (χ1) is 17.5. The van der Waals surface area contributed by atoms with Gasteiger partial charge in [0.25, 0.3) is 0 Å². The summed E-state index contributed by atoms with van der Waals surface area (Å²) in [5.41, 5.74) is 17.8. The summed E-state index contributed by atoms with van der Waals surface area (Å²) in [6.45, 7) is 6.51. The van der Waals surface area contributed by atoms with Crippen LogP contribution in [-0.2, 0) is 19.3 Å². The number of rotatable bonds is 5.